The number of carbonyl (C=O) groups excluding carboxylic acids is 1. The molecule has 2 heteroatoms. The van der Waals surface area contributed by atoms with Crippen molar-refractivity contribution in [1.82, 2.24) is 0 Å². The number of hydrogen-bond donors (Lipinski definition) is 0. The quantitative estimate of drug-likeness (QED) is 0.223. The van der Waals surface area contributed by atoms with Crippen molar-refractivity contribution in [3.05, 3.63) is 12.2 Å². The van der Waals surface area contributed by atoms with E-state index < -0.39 is 0 Å². The Labute approximate surface area is 156 Å². The Hall–Kier alpha value is -0.790. The number of rotatable bonds is 11. The van der Waals surface area contributed by atoms with E-state index in [9.17, 15) is 4.79 Å². The maximum absolute atomic E-state index is 12.2. The maximum atomic E-state index is 12.2. The van der Waals surface area contributed by atoms with E-state index in [1.54, 1.807) is 0 Å². The molecule has 1 aliphatic rings. The van der Waals surface area contributed by atoms with Gasteiger partial charge in [0.05, 0.1) is 0 Å². The van der Waals surface area contributed by atoms with Gasteiger partial charge in [-0.15, -0.1) is 0 Å². The first-order chi connectivity index (χ1) is 11.8. The number of ether oxygens (including phenoxy) is 1. The minimum atomic E-state index is -0.151. The van der Waals surface area contributed by atoms with E-state index >= 15 is 0 Å². The predicted molar refractivity (Wildman–Crippen MR) is 108 cm³/mol. The summed E-state index contributed by atoms with van der Waals surface area (Å²) >= 11 is 0. The minimum absolute atomic E-state index is 0.112. The maximum Gasteiger partial charge on any atom is 0.333 e. The van der Waals surface area contributed by atoms with E-state index in [1.807, 2.05) is 0 Å². The van der Waals surface area contributed by atoms with Gasteiger partial charge >= 0.3 is 5.97 Å². The molecular weight excluding hydrogens is 308 g/mol. The van der Waals surface area contributed by atoms with Crippen LogP contribution < -0.4 is 0 Å². The molecule has 0 radical (unpaired) electrons. The average molecular weight is 351 g/mol. The molecule has 0 heterocycles. The van der Waals surface area contributed by atoms with Crippen LogP contribution in [0.2, 0.25) is 0 Å². The summed E-state index contributed by atoms with van der Waals surface area (Å²) in [6, 6.07) is 0. The van der Waals surface area contributed by atoms with Crippen molar-refractivity contribution < 1.29 is 9.53 Å². The van der Waals surface area contributed by atoms with Crippen molar-refractivity contribution in [2.24, 2.45) is 11.3 Å². The Morgan fingerprint density at radius 1 is 0.920 bits per heavy atom. The van der Waals surface area contributed by atoms with Crippen molar-refractivity contribution in [2.75, 3.05) is 0 Å². The molecule has 1 saturated carbocycles. The zero-order valence-electron chi connectivity index (χ0n) is 17.4. The summed E-state index contributed by atoms with van der Waals surface area (Å²) in [5.41, 5.74) is 1.04. The van der Waals surface area contributed by atoms with Gasteiger partial charge in [0, 0.05) is 5.57 Å². The van der Waals surface area contributed by atoms with Crippen LogP contribution in [0.5, 0.6) is 0 Å². The number of hydrogen-bond acceptors (Lipinski definition) is 2. The molecule has 0 N–H and O–H groups in total. The molecule has 0 spiro atoms. The Kier molecular flexibility index (Phi) is 10.5. The van der Waals surface area contributed by atoms with Crippen molar-refractivity contribution in [2.45, 2.75) is 117 Å². The molecule has 2 nitrogen and oxygen atoms in total. The molecule has 0 atom stereocenters. The number of unbranched alkanes of at least 4 members (excludes halogenated alkanes) is 7. The summed E-state index contributed by atoms with van der Waals surface area (Å²) in [5, 5.41) is 0. The van der Waals surface area contributed by atoms with Crippen LogP contribution in [-0.2, 0) is 9.53 Å². The second kappa shape index (κ2) is 11.8. The highest BCUT2D eigenvalue weighted by molar-refractivity contribution is 5.87. The van der Waals surface area contributed by atoms with Crippen molar-refractivity contribution in [1.29, 1.82) is 0 Å². The van der Waals surface area contributed by atoms with Crippen LogP contribution in [0, 0.1) is 11.3 Å². The Morgan fingerprint density at radius 3 is 1.96 bits per heavy atom. The summed E-state index contributed by atoms with van der Waals surface area (Å²) in [6.07, 6.45) is 15.5. The molecular formula is C23H42O2. The van der Waals surface area contributed by atoms with Crippen molar-refractivity contribution >= 4 is 5.97 Å². The molecule has 0 unspecified atom stereocenters. The zero-order chi connectivity index (χ0) is 18.7. The Bertz CT molecular complexity index is 383. The molecule has 0 aromatic rings. The molecule has 0 aromatic carbocycles. The van der Waals surface area contributed by atoms with Crippen LogP contribution in [-0.4, -0.2) is 12.1 Å². The molecule has 0 bridgehead atoms. The SMILES string of the molecule is C=C(CCCCCCCCCC)C(=O)OC1CCC(C(C)(C)C)CC1. The summed E-state index contributed by atoms with van der Waals surface area (Å²) < 4.78 is 5.70. The van der Waals surface area contributed by atoms with Gasteiger partial charge in [0.25, 0.3) is 0 Å². The van der Waals surface area contributed by atoms with Gasteiger partial charge in [-0.05, 0) is 49.9 Å². The molecule has 0 amide bonds. The third-order valence-electron chi connectivity index (χ3n) is 5.79. The second-order valence-corrected chi connectivity index (χ2v) is 9.07. The minimum Gasteiger partial charge on any atom is -0.459 e. The van der Waals surface area contributed by atoms with Gasteiger partial charge in [-0.25, -0.2) is 4.79 Å². The first kappa shape index (κ1) is 22.3. The molecule has 146 valence electrons. The predicted octanol–water partition coefficient (Wildman–Crippen LogP) is 7.22. The smallest absolute Gasteiger partial charge is 0.333 e. The van der Waals surface area contributed by atoms with Gasteiger partial charge in [0.1, 0.15) is 6.10 Å². The topological polar surface area (TPSA) is 26.3 Å². The van der Waals surface area contributed by atoms with E-state index in [4.69, 9.17) is 4.74 Å². The first-order valence-corrected chi connectivity index (χ1v) is 10.7. The lowest BCUT2D eigenvalue weighted by molar-refractivity contribution is -0.146. The molecule has 1 fully saturated rings. The molecule has 0 saturated heterocycles. The summed E-state index contributed by atoms with van der Waals surface area (Å²) in [4.78, 5) is 12.2. The fourth-order valence-electron chi connectivity index (χ4n) is 3.86. The Balaban J connectivity index is 2.10. The van der Waals surface area contributed by atoms with Gasteiger partial charge in [0.15, 0.2) is 0 Å². The van der Waals surface area contributed by atoms with Crippen molar-refractivity contribution in [3.63, 3.8) is 0 Å². The fourth-order valence-corrected chi connectivity index (χ4v) is 3.86. The monoisotopic (exact) mass is 350 g/mol. The largest absolute Gasteiger partial charge is 0.459 e. The van der Waals surface area contributed by atoms with Gasteiger partial charge < -0.3 is 4.74 Å². The van der Waals surface area contributed by atoms with Crippen LogP contribution in [0.15, 0.2) is 12.2 Å². The summed E-state index contributed by atoms with van der Waals surface area (Å²) in [6.45, 7) is 13.2. The fraction of sp³-hybridized carbons (Fsp3) is 0.870. The molecule has 0 aliphatic heterocycles. The van der Waals surface area contributed by atoms with Crippen LogP contribution >= 0.6 is 0 Å². The highest BCUT2D eigenvalue weighted by atomic mass is 16.5. The number of esters is 1. The highest BCUT2D eigenvalue weighted by Gasteiger charge is 2.31. The van der Waals surface area contributed by atoms with E-state index in [1.165, 1.54) is 57.8 Å². The van der Waals surface area contributed by atoms with Crippen LogP contribution in [0.25, 0.3) is 0 Å². The molecule has 1 aliphatic carbocycles. The van der Waals surface area contributed by atoms with Gasteiger partial charge in [0.2, 0.25) is 0 Å². The molecule has 1 rings (SSSR count). The van der Waals surface area contributed by atoms with Gasteiger partial charge in [-0.2, -0.15) is 0 Å². The number of carbonyl (C=O) groups is 1. The Morgan fingerprint density at radius 2 is 1.44 bits per heavy atom. The first-order valence-electron chi connectivity index (χ1n) is 10.7. The average Bonchev–Trinajstić information content (AvgIpc) is 2.56. The molecule has 25 heavy (non-hydrogen) atoms. The van der Waals surface area contributed by atoms with Crippen LogP contribution in [0.4, 0.5) is 0 Å². The lowest BCUT2D eigenvalue weighted by Gasteiger charge is -2.36. The lowest BCUT2D eigenvalue weighted by Crippen LogP contribution is -2.30. The third-order valence-corrected chi connectivity index (χ3v) is 5.79. The van der Waals surface area contributed by atoms with E-state index in [0.29, 0.717) is 11.0 Å². The summed E-state index contributed by atoms with van der Waals surface area (Å²) in [5.74, 6) is 0.602. The van der Waals surface area contributed by atoms with Gasteiger partial charge in [-0.3, -0.25) is 0 Å². The van der Waals surface area contributed by atoms with Crippen LogP contribution in [0.3, 0.4) is 0 Å². The normalized spacial score (nSPS) is 21.1. The zero-order valence-corrected chi connectivity index (χ0v) is 17.4. The summed E-state index contributed by atoms with van der Waals surface area (Å²) in [7, 11) is 0. The van der Waals surface area contributed by atoms with Crippen LogP contribution in [0.1, 0.15) is 111 Å². The third kappa shape index (κ3) is 9.47. The van der Waals surface area contributed by atoms with Crippen molar-refractivity contribution in [3.8, 4) is 0 Å². The standard InChI is InChI=1S/C23H42O2/c1-6-7-8-9-10-11-12-13-14-19(2)22(24)25-21-17-15-20(16-18-21)23(3,4)5/h20-21H,2,6-18H2,1,3-5H3. The van der Waals surface area contributed by atoms with E-state index in [-0.39, 0.29) is 12.1 Å². The van der Waals surface area contributed by atoms with E-state index in [0.717, 1.165) is 31.6 Å². The van der Waals surface area contributed by atoms with Gasteiger partial charge in [-0.1, -0.05) is 79.2 Å². The van der Waals surface area contributed by atoms with E-state index in [2.05, 4.69) is 34.3 Å². The second-order valence-electron chi connectivity index (χ2n) is 9.07. The lowest BCUT2D eigenvalue weighted by atomic mass is 9.72. The highest BCUT2D eigenvalue weighted by Crippen LogP contribution is 2.38. The molecule has 0 aromatic heterocycles.